The average molecular weight is 237 g/mol. The molecule has 0 aliphatic carbocycles. The molecule has 0 spiro atoms. The molecule has 0 fully saturated rings. The minimum absolute atomic E-state index is 0.748. The van der Waals surface area contributed by atoms with E-state index in [0.717, 1.165) is 43.2 Å². The third-order valence-electron chi connectivity index (χ3n) is 3.55. The summed E-state index contributed by atoms with van der Waals surface area (Å²) >= 11 is 0. The Hall–Kier alpha value is -0.830. The lowest BCUT2D eigenvalue weighted by Gasteiger charge is -2.25. The van der Waals surface area contributed by atoms with Gasteiger partial charge in [-0.1, -0.05) is 27.7 Å². The van der Waals surface area contributed by atoms with Gasteiger partial charge in [-0.25, -0.2) is 4.98 Å². The van der Waals surface area contributed by atoms with Crippen molar-refractivity contribution < 1.29 is 0 Å². The fourth-order valence-electron chi connectivity index (χ4n) is 2.35. The second-order valence-corrected chi connectivity index (χ2v) is 5.52. The molecule has 1 aromatic heterocycles. The molecule has 0 saturated heterocycles. The number of hydrogen-bond acceptors (Lipinski definition) is 2. The van der Waals surface area contributed by atoms with Crippen molar-refractivity contribution in [3.63, 3.8) is 0 Å². The zero-order valence-electron chi connectivity index (χ0n) is 11.9. The standard InChI is InChI=1S/C14H27N3/c1-11(2)14(12(3)4)10-15-6-8-17-9-7-16-13(17)5/h7,9,11-12,14-15H,6,8,10H2,1-5H3. The highest BCUT2D eigenvalue weighted by Crippen LogP contribution is 2.19. The molecule has 1 rings (SSSR count). The summed E-state index contributed by atoms with van der Waals surface area (Å²) < 4.78 is 2.19. The van der Waals surface area contributed by atoms with Crippen molar-refractivity contribution in [3.8, 4) is 0 Å². The molecule has 0 aliphatic heterocycles. The van der Waals surface area contributed by atoms with Gasteiger partial charge in [0.15, 0.2) is 0 Å². The maximum absolute atomic E-state index is 4.22. The maximum atomic E-state index is 4.22. The van der Waals surface area contributed by atoms with Gasteiger partial charge in [0.2, 0.25) is 0 Å². The van der Waals surface area contributed by atoms with Gasteiger partial charge in [-0.3, -0.25) is 0 Å². The summed E-state index contributed by atoms with van der Waals surface area (Å²) in [6.45, 7) is 14.4. The van der Waals surface area contributed by atoms with Gasteiger partial charge in [0.05, 0.1) is 0 Å². The van der Waals surface area contributed by atoms with E-state index in [9.17, 15) is 0 Å². The molecule has 0 unspecified atom stereocenters. The molecular formula is C14H27N3. The van der Waals surface area contributed by atoms with Crippen LogP contribution >= 0.6 is 0 Å². The molecule has 3 nitrogen and oxygen atoms in total. The van der Waals surface area contributed by atoms with E-state index in [2.05, 4.69) is 42.6 Å². The molecule has 1 N–H and O–H groups in total. The number of nitrogens with zero attached hydrogens (tertiary/aromatic N) is 2. The predicted octanol–water partition coefficient (Wildman–Crippen LogP) is 2.71. The van der Waals surface area contributed by atoms with Gasteiger partial charge in [0.25, 0.3) is 0 Å². The molecule has 0 aliphatic rings. The summed E-state index contributed by atoms with van der Waals surface area (Å²) in [6, 6.07) is 0. The number of hydrogen-bond donors (Lipinski definition) is 1. The second-order valence-electron chi connectivity index (χ2n) is 5.52. The Bertz CT molecular complexity index is 307. The van der Waals surface area contributed by atoms with Gasteiger partial charge in [0.1, 0.15) is 5.82 Å². The van der Waals surface area contributed by atoms with Crippen LogP contribution in [0.25, 0.3) is 0 Å². The van der Waals surface area contributed by atoms with Crippen molar-refractivity contribution in [2.75, 3.05) is 13.1 Å². The van der Waals surface area contributed by atoms with E-state index in [-0.39, 0.29) is 0 Å². The normalized spacial score (nSPS) is 12.0. The lowest BCUT2D eigenvalue weighted by atomic mass is 9.85. The van der Waals surface area contributed by atoms with Gasteiger partial charge in [0, 0.05) is 25.5 Å². The third kappa shape index (κ3) is 4.50. The molecule has 0 aromatic carbocycles. The number of imidazole rings is 1. The van der Waals surface area contributed by atoms with Gasteiger partial charge in [-0.15, -0.1) is 0 Å². The summed E-state index contributed by atoms with van der Waals surface area (Å²) in [5.74, 6) is 3.35. The van der Waals surface area contributed by atoms with E-state index < -0.39 is 0 Å². The first-order valence-corrected chi connectivity index (χ1v) is 6.70. The van der Waals surface area contributed by atoms with Crippen molar-refractivity contribution in [2.45, 2.75) is 41.2 Å². The minimum atomic E-state index is 0.748. The van der Waals surface area contributed by atoms with Gasteiger partial charge in [-0.05, 0) is 31.2 Å². The molecule has 0 atom stereocenters. The summed E-state index contributed by atoms with van der Waals surface area (Å²) in [5, 5.41) is 3.57. The molecule has 17 heavy (non-hydrogen) atoms. The smallest absolute Gasteiger partial charge is 0.105 e. The SMILES string of the molecule is Cc1nccn1CCNCC(C(C)C)C(C)C. The monoisotopic (exact) mass is 237 g/mol. The van der Waals surface area contributed by atoms with E-state index in [0.29, 0.717) is 0 Å². The second kappa shape index (κ2) is 6.80. The molecule has 0 amide bonds. The van der Waals surface area contributed by atoms with E-state index >= 15 is 0 Å². The van der Waals surface area contributed by atoms with Crippen molar-refractivity contribution in [3.05, 3.63) is 18.2 Å². The van der Waals surface area contributed by atoms with Crippen LogP contribution in [0, 0.1) is 24.7 Å². The Labute approximate surface area is 106 Å². The predicted molar refractivity (Wildman–Crippen MR) is 73.0 cm³/mol. The molecular weight excluding hydrogens is 210 g/mol. The van der Waals surface area contributed by atoms with Crippen LogP contribution in [-0.2, 0) is 6.54 Å². The Morgan fingerprint density at radius 1 is 1.24 bits per heavy atom. The molecule has 98 valence electrons. The van der Waals surface area contributed by atoms with Gasteiger partial charge in [-0.2, -0.15) is 0 Å². The van der Waals surface area contributed by atoms with Crippen LogP contribution < -0.4 is 5.32 Å². The number of aromatic nitrogens is 2. The van der Waals surface area contributed by atoms with Crippen molar-refractivity contribution in [1.82, 2.24) is 14.9 Å². The first-order valence-electron chi connectivity index (χ1n) is 6.70. The molecule has 0 radical (unpaired) electrons. The maximum Gasteiger partial charge on any atom is 0.105 e. The van der Waals surface area contributed by atoms with Crippen LogP contribution in [0.2, 0.25) is 0 Å². The highest BCUT2D eigenvalue weighted by atomic mass is 15.1. The Balaban J connectivity index is 2.25. The first kappa shape index (κ1) is 14.2. The van der Waals surface area contributed by atoms with E-state index in [4.69, 9.17) is 0 Å². The molecule has 3 heteroatoms. The molecule has 0 bridgehead atoms. The fraction of sp³-hybridized carbons (Fsp3) is 0.786. The van der Waals surface area contributed by atoms with E-state index in [1.165, 1.54) is 0 Å². The summed E-state index contributed by atoms with van der Waals surface area (Å²) in [7, 11) is 0. The zero-order chi connectivity index (χ0) is 12.8. The molecule has 1 heterocycles. The topological polar surface area (TPSA) is 29.9 Å². The van der Waals surface area contributed by atoms with Crippen LogP contribution in [0.15, 0.2) is 12.4 Å². The lowest BCUT2D eigenvalue weighted by molar-refractivity contribution is 0.275. The average Bonchev–Trinajstić information content (AvgIpc) is 2.63. The van der Waals surface area contributed by atoms with Gasteiger partial charge < -0.3 is 9.88 Å². The summed E-state index contributed by atoms with van der Waals surface area (Å²) in [5.41, 5.74) is 0. The van der Waals surface area contributed by atoms with Crippen molar-refractivity contribution in [2.24, 2.45) is 17.8 Å². The molecule has 1 aromatic rings. The number of nitrogens with one attached hydrogen (secondary N) is 1. The van der Waals surface area contributed by atoms with Crippen molar-refractivity contribution in [1.29, 1.82) is 0 Å². The number of rotatable bonds is 7. The Morgan fingerprint density at radius 2 is 1.88 bits per heavy atom. The fourth-order valence-corrected chi connectivity index (χ4v) is 2.35. The largest absolute Gasteiger partial charge is 0.334 e. The Kier molecular flexibility index (Phi) is 5.69. The highest BCUT2D eigenvalue weighted by Gasteiger charge is 2.16. The Morgan fingerprint density at radius 3 is 2.35 bits per heavy atom. The summed E-state index contributed by atoms with van der Waals surface area (Å²) in [6.07, 6.45) is 3.90. The zero-order valence-corrected chi connectivity index (χ0v) is 11.9. The van der Waals surface area contributed by atoms with Gasteiger partial charge >= 0.3 is 0 Å². The lowest BCUT2D eigenvalue weighted by Crippen LogP contribution is -2.31. The van der Waals surface area contributed by atoms with E-state index in [1.807, 2.05) is 19.3 Å². The van der Waals surface area contributed by atoms with Crippen molar-refractivity contribution >= 4 is 0 Å². The minimum Gasteiger partial charge on any atom is -0.334 e. The van der Waals surface area contributed by atoms with E-state index in [1.54, 1.807) is 0 Å². The molecule has 0 saturated carbocycles. The number of aryl methyl sites for hydroxylation is 1. The van der Waals surface area contributed by atoms with Crippen LogP contribution in [0.4, 0.5) is 0 Å². The van der Waals surface area contributed by atoms with Crippen LogP contribution in [0.3, 0.4) is 0 Å². The highest BCUT2D eigenvalue weighted by molar-refractivity contribution is 4.88. The third-order valence-corrected chi connectivity index (χ3v) is 3.55. The first-order chi connectivity index (χ1) is 8.02. The van der Waals surface area contributed by atoms with Crippen LogP contribution in [0.5, 0.6) is 0 Å². The quantitative estimate of drug-likeness (QED) is 0.739. The van der Waals surface area contributed by atoms with Crippen LogP contribution in [0.1, 0.15) is 33.5 Å². The van der Waals surface area contributed by atoms with Crippen LogP contribution in [-0.4, -0.2) is 22.6 Å². The summed E-state index contributed by atoms with van der Waals surface area (Å²) in [4.78, 5) is 4.22.